The maximum Gasteiger partial charge on any atom is 0.241 e. The van der Waals surface area contributed by atoms with Crippen molar-refractivity contribution in [1.29, 1.82) is 0 Å². The highest BCUT2D eigenvalue weighted by molar-refractivity contribution is 5.95. The van der Waals surface area contributed by atoms with Crippen molar-refractivity contribution in [3.8, 4) is 0 Å². The number of rotatable bonds is 7. The van der Waals surface area contributed by atoms with Gasteiger partial charge in [-0.15, -0.1) is 0 Å². The predicted molar refractivity (Wildman–Crippen MR) is 98.9 cm³/mol. The molecule has 1 N–H and O–H groups in total. The molecule has 0 fully saturated rings. The Morgan fingerprint density at radius 1 is 1.32 bits per heavy atom. The zero-order valence-corrected chi connectivity index (χ0v) is 15.3. The van der Waals surface area contributed by atoms with Crippen LogP contribution in [-0.2, 0) is 4.79 Å². The molecule has 0 aliphatic carbocycles. The Hall–Kier alpha value is -2.27. The second-order valence-corrected chi connectivity index (χ2v) is 6.35. The van der Waals surface area contributed by atoms with Gasteiger partial charge in [0, 0.05) is 11.9 Å². The number of amides is 1. The number of halogens is 1. The SMILES string of the molecule is CCC[C@@H](c1ccccn1)N(C)[C@H](C)C(=O)Nc1cc(F)ccc1C. The van der Waals surface area contributed by atoms with Crippen LogP contribution < -0.4 is 5.32 Å². The maximum absolute atomic E-state index is 13.4. The second kappa shape index (κ2) is 8.72. The van der Waals surface area contributed by atoms with E-state index >= 15 is 0 Å². The second-order valence-electron chi connectivity index (χ2n) is 6.35. The van der Waals surface area contributed by atoms with E-state index in [1.165, 1.54) is 12.1 Å². The van der Waals surface area contributed by atoms with E-state index in [9.17, 15) is 9.18 Å². The van der Waals surface area contributed by atoms with Crippen LogP contribution in [0.2, 0.25) is 0 Å². The van der Waals surface area contributed by atoms with Crippen LogP contribution in [0, 0.1) is 12.7 Å². The summed E-state index contributed by atoms with van der Waals surface area (Å²) in [5.41, 5.74) is 2.29. The third-order valence-corrected chi connectivity index (χ3v) is 4.53. The van der Waals surface area contributed by atoms with E-state index in [4.69, 9.17) is 0 Å². The van der Waals surface area contributed by atoms with Gasteiger partial charge < -0.3 is 5.32 Å². The molecule has 0 aliphatic rings. The molecule has 2 aromatic rings. The molecular weight excluding hydrogens is 317 g/mol. The number of aryl methyl sites for hydroxylation is 1. The number of aromatic nitrogens is 1. The molecule has 0 saturated carbocycles. The number of nitrogens with one attached hydrogen (secondary N) is 1. The number of nitrogens with zero attached hydrogens (tertiary/aromatic N) is 2. The Labute approximate surface area is 149 Å². The molecule has 0 radical (unpaired) electrons. The van der Waals surface area contributed by atoms with Crippen LogP contribution in [0.3, 0.4) is 0 Å². The summed E-state index contributed by atoms with van der Waals surface area (Å²) < 4.78 is 13.4. The summed E-state index contributed by atoms with van der Waals surface area (Å²) >= 11 is 0. The fourth-order valence-corrected chi connectivity index (χ4v) is 2.83. The third-order valence-electron chi connectivity index (χ3n) is 4.53. The van der Waals surface area contributed by atoms with Crippen LogP contribution in [0.1, 0.15) is 44.0 Å². The molecule has 0 bridgehead atoms. The summed E-state index contributed by atoms with van der Waals surface area (Å²) in [5, 5.41) is 2.84. The van der Waals surface area contributed by atoms with Crippen LogP contribution >= 0.6 is 0 Å². The Bertz CT molecular complexity index is 705. The number of hydrogen-bond acceptors (Lipinski definition) is 3. The average Bonchev–Trinajstić information content (AvgIpc) is 2.62. The lowest BCUT2D eigenvalue weighted by Crippen LogP contribution is -2.42. The molecule has 0 saturated heterocycles. The van der Waals surface area contributed by atoms with Crippen LogP contribution in [0.4, 0.5) is 10.1 Å². The Morgan fingerprint density at radius 2 is 2.08 bits per heavy atom. The van der Waals surface area contributed by atoms with Gasteiger partial charge in [0.25, 0.3) is 0 Å². The molecule has 2 atom stereocenters. The van der Waals surface area contributed by atoms with E-state index in [1.54, 1.807) is 12.3 Å². The predicted octanol–water partition coefficient (Wildman–Crippen LogP) is 4.33. The Kier molecular flexibility index (Phi) is 6.65. The first-order chi connectivity index (χ1) is 11.9. The fraction of sp³-hybridized carbons (Fsp3) is 0.400. The monoisotopic (exact) mass is 343 g/mol. The summed E-state index contributed by atoms with van der Waals surface area (Å²) in [4.78, 5) is 19.1. The lowest BCUT2D eigenvalue weighted by molar-refractivity contribution is -0.121. The molecule has 1 aromatic heterocycles. The maximum atomic E-state index is 13.4. The largest absolute Gasteiger partial charge is 0.324 e. The molecule has 0 spiro atoms. The van der Waals surface area contributed by atoms with Gasteiger partial charge in [-0.1, -0.05) is 25.5 Å². The zero-order chi connectivity index (χ0) is 18.4. The molecule has 1 heterocycles. The minimum Gasteiger partial charge on any atom is -0.324 e. The van der Waals surface area contributed by atoms with Crippen LogP contribution in [0.15, 0.2) is 42.6 Å². The van der Waals surface area contributed by atoms with Crippen LogP contribution in [0.25, 0.3) is 0 Å². The van der Waals surface area contributed by atoms with Gasteiger partial charge in [-0.3, -0.25) is 14.7 Å². The first kappa shape index (κ1) is 19.1. The number of benzene rings is 1. The van der Waals surface area contributed by atoms with E-state index in [2.05, 4.69) is 17.2 Å². The highest BCUT2D eigenvalue weighted by Crippen LogP contribution is 2.25. The molecule has 0 aliphatic heterocycles. The molecular formula is C20H26FN3O. The van der Waals surface area contributed by atoms with Gasteiger partial charge in [0.2, 0.25) is 5.91 Å². The van der Waals surface area contributed by atoms with Gasteiger partial charge in [0.15, 0.2) is 0 Å². The van der Waals surface area contributed by atoms with Gasteiger partial charge in [0.05, 0.1) is 17.8 Å². The Balaban J connectivity index is 2.14. The van der Waals surface area contributed by atoms with E-state index in [0.29, 0.717) is 5.69 Å². The quantitative estimate of drug-likeness (QED) is 0.814. The third kappa shape index (κ3) is 4.86. The van der Waals surface area contributed by atoms with Crippen molar-refractivity contribution in [2.75, 3.05) is 12.4 Å². The molecule has 4 nitrogen and oxygen atoms in total. The van der Waals surface area contributed by atoms with E-state index in [-0.39, 0.29) is 23.8 Å². The van der Waals surface area contributed by atoms with Crippen molar-refractivity contribution in [3.05, 3.63) is 59.7 Å². The Morgan fingerprint density at radius 3 is 2.72 bits per heavy atom. The average molecular weight is 343 g/mol. The minimum atomic E-state index is -0.374. The topological polar surface area (TPSA) is 45.2 Å². The van der Waals surface area contributed by atoms with E-state index in [0.717, 1.165) is 24.1 Å². The zero-order valence-electron chi connectivity index (χ0n) is 15.3. The molecule has 2 rings (SSSR count). The van der Waals surface area contributed by atoms with Gasteiger partial charge >= 0.3 is 0 Å². The summed E-state index contributed by atoms with van der Waals surface area (Å²) in [5.74, 6) is -0.521. The summed E-state index contributed by atoms with van der Waals surface area (Å²) in [6, 6.07) is 9.91. The highest BCUT2D eigenvalue weighted by atomic mass is 19.1. The lowest BCUT2D eigenvalue weighted by Gasteiger charge is -2.32. The number of likely N-dealkylation sites (N-methyl/N-ethyl adjacent to an activating group) is 1. The van der Waals surface area contributed by atoms with Crippen molar-refractivity contribution >= 4 is 11.6 Å². The van der Waals surface area contributed by atoms with Gasteiger partial charge in [0.1, 0.15) is 5.82 Å². The molecule has 5 heteroatoms. The van der Waals surface area contributed by atoms with Gasteiger partial charge in [-0.2, -0.15) is 0 Å². The number of carbonyl (C=O) groups excluding carboxylic acids is 1. The van der Waals surface area contributed by atoms with Crippen molar-refractivity contribution in [3.63, 3.8) is 0 Å². The fourth-order valence-electron chi connectivity index (χ4n) is 2.83. The van der Waals surface area contributed by atoms with Crippen molar-refractivity contribution in [2.45, 2.75) is 45.7 Å². The van der Waals surface area contributed by atoms with E-state index in [1.807, 2.05) is 44.0 Å². The van der Waals surface area contributed by atoms with Gasteiger partial charge in [-0.05, 0) is 57.1 Å². The van der Waals surface area contributed by atoms with Crippen molar-refractivity contribution in [2.24, 2.45) is 0 Å². The molecule has 1 amide bonds. The number of anilines is 1. The van der Waals surface area contributed by atoms with E-state index < -0.39 is 0 Å². The van der Waals surface area contributed by atoms with Crippen molar-refractivity contribution in [1.82, 2.24) is 9.88 Å². The van der Waals surface area contributed by atoms with Crippen LogP contribution in [-0.4, -0.2) is 28.9 Å². The summed E-state index contributed by atoms with van der Waals surface area (Å²) in [6.07, 6.45) is 3.67. The van der Waals surface area contributed by atoms with Gasteiger partial charge in [-0.25, -0.2) is 4.39 Å². The number of pyridine rings is 1. The normalized spacial score (nSPS) is 13.5. The molecule has 25 heavy (non-hydrogen) atoms. The summed E-state index contributed by atoms with van der Waals surface area (Å²) in [6.45, 7) is 5.82. The smallest absolute Gasteiger partial charge is 0.241 e. The first-order valence-electron chi connectivity index (χ1n) is 8.64. The highest BCUT2D eigenvalue weighted by Gasteiger charge is 2.26. The molecule has 134 valence electrons. The number of carbonyl (C=O) groups is 1. The van der Waals surface area contributed by atoms with Crippen LogP contribution in [0.5, 0.6) is 0 Å². The number of hydrogen-bond donors (Lipinski definition) is 1. The van der Waals surface area contributed by atoms with Crippen molar-refractivity contribution < 1.29 is 9.18 Å². The molecule has 0 unspecified atom stereocenters. The molecule has 1 aromatic carbocycles. The summed E-state index contributed by atoms with van der Waals surface area (Å²) in [7, 11) is 1.93. The standard InChI is InChI=1S/C20H26FN3O/c1-5-8-19(17-9-6-7-12-22-17)24(4)15(3)20(25)23-18-13-16(21)11-10-14(18)2/h6-7,9-13,15,19H,5,8H2,1-4H3,(H,23,25)/t15-,19+/m1/s1. The minimum absolute atomic E-state index is 0.0561. The lowest BCUT2D eigenvalue weighted by atomic mass is 10.0. The first-order valence-corrected chi connectivity index (χ1v) is 8.64.